The Balaban J connectivity index is 1.74. The van der Waals surface area contributed by atoms with Crippen molar-refractivity contribution in [3.63, 3.8) is 0 Å². The Hall–Kier alpha value is -2.46. The fourth-order valence-corrected chi connectivity index (χ4v) is 5.17. The molecule has 34 heavy (non-hydrogen) atoms. The molecule has 2 aromatic rings. The molecule has 1 aliphatic heterocycles. The SMILES string of the molecule is CC(C)CN(C[C@@H](O)[C@H](Cc1ccccc1)NC(=O)OC1CCOC1)S(=O)c1ccc(N)cc1. The number of nitrogens with one attached hydrogen (secondary N) is 1. The molecule has 0 aromatic heterocycles. The summed E-state index contributed by atoms with van der Waals surface area (Å²) < 4.78 is 25.8. The number of carbonyl (C=O) groups excluding carboxylic acids is 1. The summed E-state index contributed by atoms with van der Waals surface area (Å²) >= 11 is 0. The minimum atomic E-state index is -1.49. The second kappa shape index (κ2) is 12.9. The Morgan fingerprint density at radius 2 is 1.91 bits per heavy atom. The van der Waals surface area contributed by atoms with Crippen LogP contribution in [0.15, 0.2) is 59.5 Å². The fourth-order valence-electron chi connectivity index (χ4n) is 3.78. The third-order valence-electron chi connectivity index (χ3n) is 5.50. The Morgan fingerprint density at radius 1 is 1.21 bits per heavy atom. The zero-order valence-corrected chi connectivity index (χ0v) is 20.6. The molecule has 0 saturated carbocycles. The van der Waals surface area contributed by atoms with E-state index in [2.05, 4.69) is 5.32 Å². The van der Waals surface area contributed by atoms with Crippen LogP contribution in [0.3, 0.4) is 0 Å². The minimum Gasteiger partial charge on any atom is -0.444 e. The lowest BCUT2D eigenvalue weighted by Gasteiger charge is -2.30. The van der Waals surface area contributed by atoms with Gasteiger partial charge in [-0.05, 0) is 42.2 Å². The molecule has 1 amide bonds. The smallest absolute Gasteiger partial charge is 0.407 e. The molecule has 8 nitrogen and oxygen atoms in total. The van der Waals surface area contributed by atoms with Crippen molar-refractivity contribution >= 4 is 22.8 Å². The maximum absolute atomic E-state index is 13.3. The van der Waals surface area contributed by atoms with Gasteiger partial charge in [0.15, 0.2) is 0 Å². The summed E-state index contributed by atoms with van der Waals surface area (Å²) in [7, 11) is -1.49. The number of hydrogen-bond donors (Lipinski definition) is 3. The van der Waals surface area contributed by atoms with Crippen molar-refractivity contribution in [1.82, 2.24) is 9.62 Å². The van der Waals surface area contributed by atoms with Gasteiger partial charge in [0.25, 0.3) is 0 Å². The van der Waals surface area contributed by atoms with Crippen LogP contribution in [0.1, 0.15) is 25.8 Å². The molecule has 4 atom stereocenters. The summed E-state index contributed by atoms with van der Waals surface area (Å²) in [5.41, 5.74) is 7.33. The van der Waals surface area contributed by atoms with Gasteiger partial charge in [0, 0.05) is 25.2 Å². The number of hydrogen-bond acceptors (Lipinski definition) is 6. The molecule has 1 aliphatic rings. The molecule has 0 radical (unpaired) electrons. The Bertz CT molecular complexity index is 920. The van der Waals surface area contributed by atoms with Crippen LogP contribution in [-0.2, 0) is 26.9 Å². The van der Waals surface area contributed by atoms with Gasteiger partial charge in [-0.3, -0.25) is 0 Å². The van der Waals surface area contributed by atoms with Gasteiger partial charge in [-0.1, -0.05) is 44.2 Å². The number of aliphatic hydroxyl groups is 1. The van der Waals surface area contributed by atoms with E-state index in [-0.39, 0.29) is 18.6 Å². The highest BCUT2D eigenvalue weighted by atomic mass is 32.2. The lowest BCUT2D eigenvalue weighted by atomic mass is 10.0. The van der Waals surface area contributed by atoms with Gasteiger partial charge in [-0.15, -0.1) is 0 Å². The van der Waals surface area contributed by atoms with Crippen LogP contribution in [0.5, 0.6) is 0 Å². The number of aliphatic hydroxyl groups excluding tert-OH is 1. The molecule has 186 valence electrons. The predicted molar refractivity (Wildman–Crippen MR) is 132 cm³/mol. The third-order valence-corrected chi connectivity index (χ3v) is 6.95. The molecule has 2 aromatic carbocycles. The number of nitrogen functional groups attached to an aromatic ring is 1. The number of rotatable bonds is 11. The quantitative estimate of drug-likeness (QED) is 0.418. The molecule has 4 N–H and O–H groups in total. The van der Waals surface area contributed by atoms with E-state index in [1.807, 2.05) is 44.2 Å². The van der Waals surface area contributed by atoms with Gasteiger partial charge in [0.2, 0.25) is 0 Å². The van der Waals surface area contributed by atoms with Gasteiger partial charge >= 0.3 is 6.09 Å². The highest BCUT2D eigenvalue weighted by molar-refractivity contribution is 7.82. The molecule has 0 bridgehead atoms. The first-order valence-electron chi connectivity index (χ1n) is 11.6. The van der Waals surface area contributed by atoms with Crippen LogP contribution >= 0.6 is 0 Å². The largest absolute Gasteiger partial charge is 0.444 e. The number of amides is 1. The van der Waals surface area contributed by atoms with Crippen LogP contribution in [0.4, 0.5) is 10.5 Å². The second-order valence-electron chi connectivity index (χ2n) is 8.96. The van der Waals surface area contributed by atoms with Crippen molar-refractivity contribution in [2.24, 2.45) is 5.92 Å². The minimum absolute atomic E-state index is 0.111. The molecule has 0 spiro atoms. The summed E-state index contributed by atoms with van der Waals surface area (Å²) in [6, 6.07) is 15.9. The fraction of sp³-hybridized carbons (Fsp3) is 0.480. The van der Waals surface area contributed by atoms with E-state index in [0.29, 0.717) is 43.2 Å². The molecule has 1 heterocycles. The summed E-state index contributed by atoms with van der Waals surface area (Å²) in [5.74, 6) is 0.220. The number of benzene rings is 2. The lowest BCUT2D eigenvalue weighted by Crippen LogP contribution is -2.50. The first-order chi connectivity index (χ1) is 16.3. The lowest BCUT2D eigenvalue weighted by molar-refractivity contribution is 0.0647. The molecule has 0 aliphatic carbocycles. The maximum atomic E-state index is 13.3. The predicted octanol–water partition coefficient (Wildman–Crippen LogP) is 2.74. The van der Waals surface area contributed by atoms with Gasteiger partial charge in [0.1, 0.15) is 17.1 Å². The summed E-state index contributed by atoms with van der Waals surface area (Å²) in [5, 5.41) is 14.0. The zero-order chi connectivity index (χ0) is 24.5. The van der Waals surface area contributed by atoms with Crippen LogP contribution in [-0.4, -0.2) is 64.3 Å². The van der Waals surface area contributed by atoms with Gasteiger partial charge in [0.05, 0.1) is 30.3 Å². The Kier molecular flexibility index (Phi) is 9.88. The highest BCUT2D eigenvalue weighted by Crippen LogP contribution is 2.17. The first kappa shape index (κ1) is 26.2. The highest BCUT2D eigenvalue weighted by Gasteiger charge is 2.29. The topological polar surface area (TPSA) is 114 Å². The van der Waals surface area contributed by atoms with Crippen LogP contribution in [0, 0.1) is 5.92 Å². The molecule has 2 unspecified atom stereocenters. The van der Waals surface area contributed by atoms with Crippen molar-refractivity contribution in [3.05, 3.63) is 60.2 Å². The van der Waals surface area contributed by atoms with Crippen LogP contribution < -0.4 is 11.1 Å². The number of anilines is 1. The van der Waals surface area contributed by atoms with Gasteiger partial charge in [-0.2, -0.15) is 0 Å². The van der Waals surface area contributed by atoms with E-state index in [9.17, 15) is 14.1 Å². The number of nitrogens with zero attached hydrogens (tertiary/aromatic N) is 1. The van der Waals surface area contributed by atoms with E-state index in [4.69, 9.17) is 15.2 Å². The number of nitrogens with two attached hydrogens (primary N) is 1. The molecule has 9 heteroatoms. The summed E-state index contributed by atoms with van der Waals surface area (Å²) in [6.45, 7) is 5.62. The van der Waals surface area contributed by atoms with E-state index in [0.717, 1.165) is 5.56 Å². The molecule has 1 saturated heterocycles. The van der Waals surface area contributed by atoms with E-state index >= 15 is 0 Å². The second-order valence-corrected chi connectivity index (χ2v) is 10.4. The van der Waals surface area contributed by atoms with Crippen molar-refractivity contribution in [3.8, 4) is 0 Å². The standard InChI is InChI=1S/C25H35N3O5S/c1-18(2)15-28(34(31)22-10-8-20(26)9-11-22)16-24(29)23(14-19-6-4-3-5-7-19)27-25(30)33-21-12-13-32-17-21/h3-11,18,21,23-24,29H,12-17,26H2,1-2H3,(H,27,30)/t21?,23-,24+,34?/m0/s1. The number of carbonyl (C=O) groups is 1. The average molecular weight is 490 g/mol. The normalized spacial score (nSPS) is 18.6. The van der Waals surface area contributed by atoms with Crippen LogP contribution in [0.2, 0.25) is 0 Å². The summed E-state index contributed by atoms with van der Waals surface area (Å²) in [4.78, 5) is 13.2. The Labute approximate surface area is 204 Å². The van der Waals surface area contributed by atoms with Gasteiger partial charge in [-0.25, -0.2) is 13.3 Å². The van der Waals surface area contributed by atoms with Gasteiger partial charge < -0.3 is 25.6 Å². The molecular weight excluding hydrogens is 454 g/mol. The zero-order valence-electron chi connectivity index (χ0n) is 19.8. The van der Waals surface area contributed by atoms with Crippen molar-refractivity contribution in [2.75, 3.05) is 32.0 Å². The van der Waals surface area contributed by atoms with Crippen molar-refractivity contribution in [2.45, 2.75) is 49.8 Å². The number of ether oxygens (including phenoxy) is 2. The first-order valence-corrected chi connectivity index (χ1v) is 12.7. The number of alkyl carbamates (subject to hydrolysis) is 1. The van der Waals surface area contributed by atoms with Crippen LogP contribution in [0.25, 0.3) is 0 Å². The van der Waals surface area contributed by atoms with E-state index in [1.54, 1.807) is 28.6 Å². The van der Waals surface area contributed by atoms with Crippen molar-refractivity contribution in [1.29, 1.82) is 0 Å². The van der Waals surface area contributed by atoms with E-state index < -0.39 is 29.2 Å². The summed E-state index contributed by atoms with van der Waals surface area (Å²) in [6.07, 6.45) is -0.802. The molecular formula is C25H35N3O5S. The maximum Gasteiger partial charge on any atom is 0.407 e. The molecule has 1 fully saturated rings. The van der Waals surface area contributed by atoms with E-state index in [1.165, 1.54) is 0 Å². The average Bonchev–Trinajstić information content (AvgIpc) is 3.31. The van der Waals surface area contributed by atoms with Crippen molar-refractivity contribution < 1.29 is 23.6 Å². The monoisotopic (exact) mass is 489 g/mol. The third kappa shape index (κ3) is 8.09. The Morgan fingerprint density at radius 3 is 2.53 bits per heavy atom. The molecule has 3 rings (SSSR count).